The van der Waals surface area contributed by atoms with E-state index in [-0.39, 0.29) is 5.91 Å². The normalized spacial score (nSPS) is 10.8. The van der Waals surface area contributed by atoms with Gasteiger partial charge in [0.1, 0.15) is 11.4 Å². The molecule has 0 fully saturated rings. The zero-order chi connectivity index (χ0) is 21.1. The quantitative estimate of drug-likeness (QED) is 0.454. The summed E-state index contributed by atoms with van der Waals surface area (Å²) in [6.45, 7) is 0.574. The van der Waals surface area contributed by atoms with Crippen molar-refractivity contribution in [2.45, 2.75) is 6.42 Å². The van der Waals surface area contributed by atoms with Gasteiger partial charge >= 0.3 is 0 Å². The Balaban J connectivity index is 1.72. The molecule has 8 heteroatoms. The summed E-state index contributed by atoms with van der Waals surface area (Å²) in [5.74, 6) is 0.682. The molecule has 0 unspecified atom stereocenters. The Bertz CT molecular complexity index is 1050. The van der Waals surface area contributed by atoms with Crippen molar-refractivity contribution in [2.75, 3.05) is 20.7 Å². The Kier molecular flexibility index (Phi) is 6.88. The molecule has 0 saturated heterocycles. The molecule has 0 N–H and O–H groups in total. The fraction of sp³-hybridized carbons (Fsp3) is 0.238. The molecule has 1 heterocycles. The number of methoxy groups -OCH3 is 1. The Morgan fingerprint density at radius 1 is 1.17 bits per heavy atom. The van der Waals surface area contributed by atoms with Gasteiger partial charge in [-0.2, -0.15) is 5.10 Å². The van der Waals surface area contributed by atoms with E-state index in [9.17, 15) is 4.79 Å². The minimum Gasteiger partial charge on any atom is -0.496 e. The van der Waals surface area contributed by atoms with E-state index in [4.69, 9.17) is 27.9 Å². The first-order valence-electron chi connectivity index (χ1n) is 8.87. The van der Waals surface area contributed by atoms with Gasteiger partial charge in [-0.15, -0.1) is 0 Å². The highest BCUT2D eigenvalue weighted by molar-refractivity contribution is 9.10. The maximum atomic E-state index is 12.9. The number of amides is 1. The summed E-state index contributed by atoms with van der Waals surface area (Å²) < 4.78 is 7.73. The number of rotatable bonds is 6. The lowest BCUT2D eigenvalue weighted by molar-refractivity contribution is 0.0786. The smallest absolute Gasteiger partial charge is 0.271 e. The van der Waals surface area contributed by atoms with Crippen LogP contribution in [0.25, 0.3) is 11.3 Å². The number of hydrogen-bond acceptors (Lipinski definition) is 3. The van der Waals surface area contributed by atoms with E-state index >= 15 is 0 Å². The molecule has 3 rings (SSSR count). The SMILES string of the molecule is COc1ccc(CCN(C)C(=O)c2cc(-c3ccc(Cl)c(Cl)c3)nn2C)cc1Br. The molecule has 2 aromatic carbocycles. The summed E-state index contributed by atoms with van der Waals surface area (Å²) in [4.78, 5) is 14.6. The van der Waals surface area contributed by atoms with E-state index in [1.165, 1.54) is 0 Å². The molecule has 0 aliphatic heterocycles. The first-order chi connectivity index (χ1) is 13.8. The largest absolute Gasteiger partial charge is 0.496 e. The van der Waals surface area contributed by atoms with Crippen LogP contribution >= 0.6 is 39.1 Å². The van der Waals surface area contributed by atoms with Crippen LogP contribution < -0.4 is 4.74 Å². The summed E-state index contributed by atoms with van der Waals surface area (Å²) in [5.41, 5.74) is 3.09. The average Bonchev–Trinajstić information content (AvgIpc) is 3.09. The standard InChI is InChI=1S/C21H20BrCl2N3O2/c1-26(9-8-13-4-7-20(29-3)15(22)10-13)21(28)19-12-18(25-27(19)2)14-5-6-16(23)17(24)11-14/h4-7,10-12H,8-9H2,1-3H3. The van der Waals surface area contributed by atoms with Crippen LogP contribution in [-0.4, -0.2) is 41.3 Å². The van der Waals surface area contributed by atoms with Gasteiger partial charge in [0, 0.05) is 26.2 Å². The van der Waals surface area contributed by atoms with Gasteiger partial charge in [-0.05, 0) is 58.2 Å². The molecule has 1 aromatic heterocycles. The number of hydrogen-bond donors (Lipinski definition) is 0. The molecule has 152 valence electrons. The van der Waals surface area contributed by atoms with Gasteiger partial charge in [0.15, 0.2) is 0 Å². The first kappa shape index (κ1) is 21.7. The van der Waals surface area contributed by atoms with Crippen LogP contribution in [0.1, 0.15) is 16.1 Å². The molecular formula is C21H20BrCl2N3O2. The maximum absolute atomic E-state index is 12.9. The molecule has 1 amide bonds. The molecule has 0 bridgehead atoms. The van der Waals surface area contributed by atoms with Crippen LogP contribution in [0.2, 0.25) is 10.0 Å². The summed E-state index contributed by atoms with van der Waals surface area (Å²) >= 11 is 15.6. The zero-order valence-electron chi connectivity index (χ0n) is 16.2. The van der Waals surface area contributed by atoms with Crippen molar-refractivity contribution in [3.05, 3.63) is 68.2 Å². The molecule has 5 nitrogen and oxygen atoms in total. The van der Waals surface area contributed by atoms with Crippen LogP contribution in [0.4, 0.5) is 0 Å². The highest BCUT2D eigenvalue weighted by atomic mass is 79.9. The number of carbonyl (C=O) groups excluding carboxylic acids is 1. The van der Waals surface area contributed by atoms with Crippen molar-refractivity contribution in [3.63, 3.8) is 0 Å². The van der Waals surface area contributed by atoms with E-state index in [0.29, 0.717) is 28.0 Å². The number of benzene rings is 2. The molecule has 29 heavy (non-hydrogen) atoms. The Morgan fingerprint density at radius 2 is 1.93 bits per heavy atom. The third-order valence-corrected chi connectivity index (χ3v) is 5.97. The lowest BCUT2D eigenvalue weighted by atomic mass is 10.1. The van der Waals surface area contributed by atoms with Gasteiger partial charge in [-0.3, -0.25) is 9.48 Å². The number of likely N-dealkylation sites (N-methyl/N-ethyl adjacent to an activating group) is 1. The van der Waals surface area contributed by atoms with E-state index in [0.717, 1.165) is 27.8 Å². The molecule has 3 aromatic rings. The van der Waals surface area contributed by atoms with Crippen LogP contribution in [-0.2, 0) is 13.5 Å². The third kappa shape index (κ3) is 4.94. The second-order valence-corrected chi connectivity index (χ2v) is 8.28. The third-order valence-electron chi connectivity index (χ3n) is 4.61. The zero-order valence-corrected chi connectivity index (χ0v) is 19.3. The second kappa shape index (κ2) is 9.20. The fourth-order valence-electron chi connectivity index (χ4n) is 2.92. The Morgan fingerprint density at radius 3 is 2.59 bits per heavy atom. The molecule has 0 radical (unpaired) electrons. The van der Waals surface area contributed by atoms with Crippen LogP contribution in [0, 0.1) is 0 Å². The van der Waals surface area contributed by atoms with Crippen molar-refractivity contribution in [3.8, 4) is 17.0 Å². The van der Waals surface area contributed by atoms with E-state index in [1.54, 1.807) is 49.0 Å². The van der Waals surface area contributed by atoms with E-state index < -0.39 is 0 Å². The first-order valence-corrected chi connectivity index (χ1v) is 10.4. The lowest BCUT2D eigenvalue weighted by Crippen LogP contribution is -2.30. The number of aromatic nitrogens is 2. The summed E-state index contributed by atoms with van der Waals surface area (Å²) in [6.07, 6.45) is 0.725. The highest BCUT2D eigenvalue weighted by Crippen LogP contribution is 2.28. The highest BCUT2D eigenvalue weighted by Gasteiger charge is 2.18. The van der Waals surface area contributed by atoms with Gasteiger partial charge in [-0.1, -0.05) is 35.3 Å². The number of carbonyl (C=O) groups is 1. The van der Waals surface area contributed by atoms with Crippen molar-refractivity contribution >= 4 is 45.0 Å². The monoisotopic (exact) mass is 495 g/mol. The van der Waals surface area contributed by atoms with Crippen molar-refractivity contribution in [1.29, 1.82) is 0 Å². The molecule has 0 aliphatic rings. The van der Waals surface area contributed by atoms with Crippen molar-refractivity contribution in [2.24, 2.45) is 7.05 Å². The predicted octanol–water partition coefficient (Wildman–Crippen LogP) is 5.48. The Labute approximate surface area is 188 Å². The van der Waals surface area contributed by atoms with Gasteiger partial charge in [-0.25, -0.2) is 0 Å². The molecule has 0 aliphatic carbocycles. The van der Waals surface area contributed by atoms with Crippen molar-refractivity contribution in [1.82, 2.24) is 14.7 Å². The topological polar surface area (TPSA) is 47.4 Å². The van der Waals surface area contributed by atoms with E-state index in [1.807, 2.05) is 24.3 Å². The second-order valence-electron chi connectivity index (χ2n) is 6.61. The number of aryl methyl sites for hydroxylation is 1. The van der Waals surface area contributed by atoms with Crippen molar-refractivity contribution < 1.29 is 9.53 Å². The molecule has 0 saturated carbocycles. The predicted molar refractivity (Wildman–Crippen MR) is 120 cm³/mol. The maximum Gasteiger partial charge on any atom is 0.271 e. The van der Waals surface area contributed by atoms with Gasteiger partial charge in [0.2, 0.25) is 0 Å². The van der Waals surface area contributed by atoms with Crippen LogP contribution in [0.3, 0.4) is 0 Å². The summed E-state index contributed by atoms with van der Waals surface area (Å²) in [5, 5.41) is 5.38. The minimum atomic E-state index is -0.0983. The molecule has 0 spiro atoms. The van der Waals surface area contributed by atoms with Gasteiger partial charge < -0.3 is 9.64 Å². The fourth-order valence-corrected chi connectivity index (χ4v) is 3.81. The summed E-state index contributed by atoms with van der Waals surface area (Å²) in [6, 6.07) is 13.0. The average molecular weight is 497 g/mol. The Hall–Kier alpha value is -2.02. The number of halogens is 3. The van der Waals surface area contributed by atoms with Crippen LogP contribution in [0.15, 0.2) is 46.9 Å². The van der Waals surface area contributed by atoms with E-state index in [2.05, 4.69) is 21.0 Å². The van der Waals surface area contributed by atoms with Gasteiger partial charge in [0.05, 0.1) is 27.3 Å². The van der Waals surface area contributed by atoms with Crippen LogP contribution in [0.5, 0.6) is 5.75 Å². The molecular weight excluding hydrogens is 477 g/mol. The summed E-state index contributed by atoms with van der Waals surface area (Å²) in [7, 11) is 5.17. The van der Waals surface area contributed by atoms with Gasteiger partial charge in [0.25, 0.3) is 5.91 Å². The number of ether oxygens (including phenoxy) is 1. The minimum absolute atomic E-state index is 0.0983. The number of nitrogens with zero attached hydrogens (tertiary/aromatic N) is 3. The lowest BCUT2D eigenvalue weighted by Gasteiger charge is -2.17. The molecule has 0 atom stereocenters.